The van der Waals surface area contributed by atoms with Crippen LogP contribution in [0.5, 0.6) is 5.75 Å². The minimum Gasteiger partial charge on any atom is -0.494 e. The molecular weight excluding hydrogens is 392 g/mol. The number of aryl methyl sites for hydroxylation is 1. The fourth-order valence-electron chi connectivity index (χ4n) is 3.53. The van der Waals surface area contributed by atoms with Gasteiger partial charge in [-0.25, -0.2) is 4.98 Å². The fraction of sp³-hybridized carbons (Fsp3) is 0.333. The minimum atomic E-state index is -0.267. The summed E-state index contributed by atoms with van der Waals surface area (Å²) in [6, 6.07) is 14.0. The van der Waals surface area contributed by atoms with Gasteiger partial charge in [-0.15, -0.1) is 0 Å². The standard InChI is InChI=1S/C24H26N4O3/c1-3-30-20-9-7-18(8-10-20)13-19-5-4-6-21(27-19)23-16-28(11-12-31-23)24(29)22-15-25-17(2)14-26-22/h4-10,14-15,23H,3,11-13,16H2,1-2H3/t23-/m1/s1. The van der Waals surface area contributed by atoms with Crippen molar-refractivity contribution in [3.63, 3.8) is 0 Å². The number of amides is 1. The Kier molecular flexibility index (Phi) is 6.52. The Balaban J connectivity index is 1.44. The minimum absolute atomic E-state index is 0.133. The molecule has 3 aromatic rings. The summed E-state index contributed by atoms with van der Waals surface area (Å²) in [5, 5.41) is 0. The van der Waals surface area contributed by atoms with Gasteiger partial charge in [-0.2, -0.15) is 0 Å². The molecule has 1 saturated heterocycles. The zero-order valence-electron chi connectivity index (χ0n) is 17.8. The van der Waals surface area contributed by atoms with Crippen molar-refractivity contribution in [3.05, 3.63) is 83.2 Å². The number of carbonyl (C=O) groups is 1. The first-order chi connectivity index (χ1) is 15.1. The van der Waals surface area contributed by atoms with Crippen LogP contribution in [0.4, 0.5) is 0 Å². The Labute approximate surface area is 182 Å². The van der Waals surface area contributed by atoms with Crippen LogP contribution in [0.15, 0.2) is 54.9 Å². The second-order valence-corrected chi connectivity index (χ2v) is 7.46. The summed E-state index contributed by atoms with van der Waals surface area (Å²) in [4.78, 5) is 27.8. The van der Waals surface area contributed by atoms with Gasteiger partial charge in [0, 0.05) is 24.9 Å². The molecule has 0 radical (unpaired) electrons. The zero-order chi connectivity index (χ0) is 21.6. The van der Waals surface area contributed by atoms with E-state index in [9.17, 15) is 4.79 Å². The Morgan fingerprint density at radius 3 is 2.74 bits per heavy atom. The summed E-state index contributed by atoms with van der Waals surface area (Å²) in [6.07, 6.45) is 3.58. The number of hydrogen-bond donors (Lipinski definition) is 0. The molecule has 0 unspecified atom stereocenters. The Morgan fingerprint density at radius 1 is 1.16 bits per heavy atom. The molecule has 1 aliphatic heterocycles. The van der Waals surface area contributed by atoms with E-state index in [-0.39, 0.29) is 12.0 Å². The highest BCUT2D eigenvalue weighted by Gasteiger charge is 2.27. The van der Waals surface area contributed by atoms with Crippen LogP contribution in [0.2, 0.25) is 0 Å². The SMILES string of the molecule is CCOc1ccc(Cc2cccc([C@H]3CN(C(=O)c4cnc(C)cn4)CCO3)n2)cc1. The van der Waals surface area contributed by atoms with Crippen LogP contribution >= 0.6 is 0 Å². The maximum absolute atomic E-state index is 12.8. The molecule has 0 spiro atoms. The third-order valence-corrected chi connectivity index (χ3v) is 5.13. The quantitative estimate of drug-likeness (QED) is 0.611. The van der Waals surface area contributed by atoms with E-state index in [1.165, 1.54) is 6.20 Å². The number of morpholine rings is 1. The average Bonchev–Trinajstić information content (AvgIpc) is 2.81. The van der Waals surface area contributed by atoms with Crippen molar-refractivity contribution in [3.8, 4) is 5.75 Å². The van der Waals surface area contributed by atoms with Crippen molar-refractivity contribution in [1.82, 2.24) is 19.9 Å². The van der Waals surface area contributed by atoms with Crippen LogP contribution in [0.25, 0.3) is 0 Å². The van der Waals surface area contributed by atoms with Crippen molar-refractivity contribution >= 4 is 5.91 Å². The lowest BCUT2D eigenvalue weighted by Gasteiger charge is -2.32. The normalized spacial score (nSPS) is 16.2. The molecule has 0 aliphatic carbocycles. The van der Waals surface area contributed by atoms with Gasteiger partial charge in [-0.1, -0.05) is 18.2 Å². The molecule has 1 atom stereocenters. The van der Waals surface area contributed by atoms with Gasteiger partial charge in [0.2, 0.25) is 0 Å². The Hall–Kier alpha value is -3.32. The molecule has 160 valence electrons. The van der Waals surface area contributed by atoms with Crippen molar-refractivity contribution in [2.45, 2.75) is 26.4 Å². The first kappa shape index (κ1) is 20.9. The van der Waals surface area contributed by atoms with Gasteiger partial charge in [-0.3, -0.25) is 14.8 Å². The van der Waals surface area contributed by atoms with E-state index < -0.39 is 0 Å². The second kappa shape index (κ2) is 9.66. The Morgan fingerprint density at radius 2 is 2.00 bits per heavy atom. The topological polar surface area (TPSA) is 77.4 Å². The lowest BCUT2D eigenvalue weighted by molar-refractivity contribution is -0.0250. The van der Waals surface area contributed by atoms with Gasteiger partial charge in [-0.05, 0) is 43.7 Å². The summed E-state index contributed by atoms with van der Waals surface area (Å²) in [6.45, 7) is 5.89. The smallest absolute Gasteiger partial charge is 0.274 e. The second-order valence-electron chi connectivity index (χ2n) is 7.46. The third kappa shape index (κ3) is 5.24. The van der Waals surface area contributed by atoms with Gasteiger partial charge in [0.05, 0.1) is 37.3 Å². The Bertz CT molecular complexity index is 1020. The highest BCUT2D eigenvalue weighted by Crippen LogP contribution is 2.23. The van der Waals surface area contributed by atoms with Crippen LogP contribution in [0.3, 0.4) is 0 Å². The first-order valence-electron chi connectivity index (χ1n) is 10.5. The van der Waals surface area contributed by atoms with E-state index in [0.29, 0.717) is 38.4 Å². The maximum atomic E-state index is 12.8. The monoisotopic (exact) mass is 418 g/mol. The summed E-state index contributed by atoms with van der Waals surface area (Å²) in [5.41, 5.74) is 4.08. The molecule has 1 aromatic carbocycles. The largest absolute Gasteiger partial charge is 0.494 e. The molecule has 7 nitrogen and oxygen atoms in total. The molecule has 0 saturated carbocycles. The highest BCUT2D eigenvalue weighted by atomic mass is 16.5. The van der Waals surface area contributed by atoms with Crippen LogP contribution in [0, 0.1) is 6.92 Å². The highest BCUT2D eigenvalue weighted by molar-refractivity contribution is 5.92. The summed E-state index contributed by atoms with van der Waals surface area (Å²) in [5.74, 6) is 0.734. The summed E-state index contributed by atoms with van der Waals surface area (Å²) >= 11 is 0. The number of pyridine rings is 1. The lowest BCUT2D eigenvalue weighted by Crippen LogP contribution is -2.42. The molecule has 0 N–H and O–H groups in total. The number of ether oxygens (including phenoxy) is 2. The van der Waals surface area contributed by atoms with E-state index >= 15 is 0 Å². The van der Waals surface area contributed by atoms with E-state index in [2.05, 4.69) is 22.1 Å². The maximum Gasteiger partial charge on any atom is 0.274 e. The molecule has 3 heterocycles. The molecule has 1 aliphatic rings. The summed E-state index contributed by atoms with van der Waals surface area (Å²) < 4.78 is 11.4. The van der Waals surface area contributed by atoms with Crippen molar-refractivity contribution in [2.75, 3.05) is 26.3 Å². The first-order valence-corrected chi connectivity index (χ1v) is 10.5. The molecule has 4 rings (SSSR count). The van der Waals surface area contributed by atoms with Gasteiger partial charge >= 0.3 is 0 Å². The third-order valence-electron chi connectivity index (χ3n) is 5.13. The summed E-state index contributed by atoms with van der Waals surface area (Å²) in [7, 11) is 0. The van der Waals surface area contributed by atoms with Gasteiger partial charge in [0.1, 0.15) is 17.5 Å². The number of aromatic nitrogens is 3. The number of hydrogen-bond acceptors (Lipinski definition) is 6. The predicted octanol–water partition coefficient (Wildman–Crippen LogP) is 3.38. The van der Waals surface area contributed by atoms with E-state index in [0.717, 1.165) is 28.4 Å². The molecule has 7 heteroatoms. The molecule has 31 heavy (non-hydrogen) atoms. The van der Waals surface area contributed by atoms with Crippen LogP contribution < -0.4 is 4.74 Å². The molecule has 1 fully saturated rings. The average molecular weight is 418 g/mol. The zero-order valence-corrected chi connectivity index (χ0v) is 17.8. The van der Waals surface area contributed by atoms with Crippen molar-refractivity contribution in [2.24, 2.45) is 0 Å². The number of rotatable bonds is 6. The van der Waals surface area contributed by atoms with E-state index in [1.807, 2.05) is 44.2 Å². The van der Waals surface area contributed by atoms with Gasteiger partial charge in [0.25, 0.3) is 5.91 Å². The molecule has 2 aromatic heterocycles. The van der Waals surface area contributed by atoms with Crippen LogP contribution in [-0.4, -0.2) is 52.1 Å². The molecular formula is C24H26N4O3. The van der Waals surface area contributed by atoms with Crippen molar-refractivity contribution < 1.29 is 14.3 Å². The number of carbonyl (C=O) groups excluding carboxylic acids is 1. The van der Waals surface area contributed by atoms with Crippen molar-refractivity contribution in [1.29, 1.82) is 0 Å². The number of nitrogens with zero attached hydrogens (tertiary/aromatic N) is 4. The predicted molar refractivity (Wildman–Crippen MR) is 116 cm³/mol. The van der Waals surface area contributed by atoms with Gasteiger partial charge < -0.3 is 14.4 Å². The lowest BCUT2D eigenvalue weighted by atomic mass is 10.1. The van der Waals surface area contributed by atoms with E-state index in [1.54, 1.807) is 11.1 Å². The number of benzene rings is 1. The molecule has 0 bridgehead atoms. The molecule has 1 amide bonds. The van der Waals surface area contributed by atoms with Gasteiger partial charge in [0.15, 0.2) is 0 Å². The van der Waals surface area contributed by atoms with Crippen LogP contribution in [0.1, 0.15) is 46.2 Å². The van der Waals surface area contributed by atoms with E-state index in [4.69, 9.17) is 14.5 Å². The van der Waals surface area contributed by atoms with Crippen LogP contribution in [-0.2, 0) is 11.2 Å². The fourth-order valence-corrected chi connectivity index (χ4v) is 3.53.